The van der Waals surface area contributed by atoms with E-state index >= 15 is 0 Å². The summed E-state index contributed by atoms with van der Waals surface area (Å²) in [5, 5.41) is 12.8. The van der Waals surface area contributed by atoms with Gasteiger partial charge in [-0.25, -0.2) is 0 Å². The first-order valence-corrected chi connectivity index (χ1v) is 8.34. The highest BCUT2D eigenvalue weighted by Gasteiger charge is 2.41. The Morgan fingerprint density at radius 2 is 2.00 bits per heavy atom. The third kappa shape index (κ3) is 2.81. The second-order valence-corrected chi connectivity index (χ2v) is 6.30. The molecule has 2 aromatic rings. The van der Waals surface area contributed by atoms with Crippen LogP contribution in [0.1, 0.15) is 43.0 Å². The normalized spacial score (nSPS) is 16.7. The van der Waals surface area contributed by atoms with Gasteiger partial charge in [-0.05, 0) is 18.4 Å². The van der Waals surface area contributed by atoms with E-state index in [0.29, 0.717) is 17.4 Å². The predicted octanol–water partition coefficient (Wildman–Crippen LogP) is 3.69. The molecular formula is C16H17N3OS. The standard InChI is InChI=1S/C16H17N3OS/c17-10-11-21-12-14-18-15(19-20-14)16(8-4-5-9-16)13-6-2-1-3-7-13/h1-3,6-7H,4-5,8-9,11-12H2. The molecule has 0 N–H and O–H groups in total. The number of nitriles is 1. The molecule has 1 aromatic heterocycles. The summed E-state index contributed by atoms with van der Waals surface area (Å²) in [5.74, 6) is 2.47. The summed E-state index contributed by atoms with van der Waals surface area (Å²) in [6, 6.07) is 12.6. The summed E-state index contributed by atoms with van der Waals surface area (Å²) in [6.45, 7) is 0. The van der Waals surface area contributed by atoms with Crippen molar-refractivity contribution in [3.8, 4) is 6.07 Å². The van der Waals surface area contributed by atoms with Crippen LogP contribution in [-0.4, -0.2) is 15.9 Å². The molecule has 1 heterocycles. The molecule has 0 radical (unpaired) electrons. The highest BCUT2D eigenvalue weighted by atomic mass is 32.2. The Hall–Kier alpha value is -1.80. The smallest absolute Gasteiger partial charge is 0.236 e. The molecule has 0 amide bonds. The Bertz CT molecular complexity index is 626. The molecule has 4 nitrogen and oxygen atoms in total. The lowest BCUT2D eigenvalue weighted by Gasteiger charge is -2.25. The van der Waals surface area contributed by atoms with Crippen LogP contribution in [0.3, 0.4) is 0 Å². The van der Waals surface area contributed by atoms with Crippen LogP contribution in [-0.2, 0) is 11.2 Å². The summed E-state index contributed by atoms with van der Waals surface area (Å²) in [7, 11) is 0. The van der Waals surface area contributed by atoms with Gasteiger partial charge in [0.15, 0.2) is 5.82 Å². The lowest BCUT2D eigenvalue weighted by molar-refractivity contribution is 0.369. The van der Waals surface area contributed by atoms with Crippen LogP contribution in [0.25, 0.3) is 0 Å². The van der Waals surface area contributed by atoms with Crippen LogP contribution in [0.15, 0.2) is 34.9 Å². The highest BCUT2D eigenvalue weighted by Crippen LogP contribution is 2.45. The van der Waals surface area contributed by atoms with E-state index in [1.165, 1.54) is 30.2 Å². The highest BCUT2D eigenvalue weighted by molar-refractivity contribution is 7.98. The van der Waals surface area contributed by atoms with Gasteiger partial charge in [0.1, 0.15) is 0 Å². The minimum atomic E-state index is -0.0943. The van der Waals surface area contributed by atoms with E-state index < -0.39 is 0 Å². The first kappa shape index (κ1) is 14.2. The van der Waals surface area contributed by atoms with Crippen molar-refractivity contribution >= 4 is 11.8 Å². The third-order valence-electron chi connectivity index (χ3n) is 4.07. The van der Waals surface area contributed by atoms with E-state index in [0.717, 1.165) is 18.7 Å². The quantitative estimate of drug-likeness (QED) is 0.788. The van der Waals surface area contributed by atoms with E-state index in [4.69, 9.17) is 9.78 Å². The molecule has 0 bridgehead atoms. The number of aromatic nitrogens is 2. The van der Waals surface area contributed by atoms with Gasteiger partial charge in [0.25, 0.3) is 0 Å². The van der Waals surface area contributed by atoms with E-state index in [-0.39, 0.29) is 5.41 Å². The zero-order chi connectivity index (χ0) is 14.5. The van der Waals surface area contributed by atoms with Crippen molar-refractivity contribution in [1.29, 1.82) is 5.26 Å². The van der Waals surface area contributed by atoms with Gasteiger partial charge in [-0.1, -0.05) is 48.3 Å². The first-order chi connectivity index (χ1) is 10.3. The van der Waals surface area contributed by atoms with E-state index in [1.807, 2.05) is 6.07 Å². The van der Waals surface area contributed by atoms with E-state index in [9.17, 15) is 0 Å². The molecule has 0 saturated heterocycles. The third-order valence-corrected chi connectivity index (χ3v) is 4.86. The molecule has 1 aromatic carbocycles. The molecule has 3 rings (SSSR count). The number of benzene rings is 1. The molecule has 1 aliphatic rings. The number of hydrogen-bond donors (Lipinski definition) is 0. The summed E-state index contributed by atoms with van der Waals surface area (Å²) in [6.07, 6.45) is 4.53. The molecular weight excluding hydrogens is 282 g/mol. The fourth-order valence-electron chi connectivity index (χ4n) is 3.07. The van der Waals surface area contributed by atoms with Gasteiger partial charge in [-0.15, -0.1) is 11.8 Å². The van der Waals surface area contributed by atoms with Gasteiger partial charge in [0.05, 0.1) is 23.0 Å². The van der Waals surface area contributed by atoms with Crippen LogP contribution >= 0.6 is 11.8 Å². The topological polar surface area (TPSA) is 62.7 Å². The van der Waals surface area contributed by atoms with Crippen molar-refractivity contribution in [2.24, 2.45) is 0 Å². The maximum atomic E-state index is 8.57. The molecule has 1 saturated carbocycles. The van der Waals surface area contributed by atoms with Crippen molar-refractivity contribution in [1.82, 2.24) is 10.1 Å². The van der Waals surface area contributed by atoms with Gasteiger partial charge >= 0.3 is 0 Å². The zero-order valence-corrected chi connectivity index (χ0v) is 12.6. The summed E-state index contributed by atoms with van der Waals surface area (Å²) in [5.41, 5.74) is 1.18. The van der Waals surface area contributed by atoms with Crippen molar-refractivity contribution in [3.63, 3.8) is 0 Å². The fraction of sp³-hybridized carbons (Fsp3) is 0.438. The van der Waals surface area contributed by atoms with Crippen LogP contribution in [0.2, 0.25) is 0 Å². The largest absolute Gasteiger partial charge is 0.338 e. The molecule has 108 valence electrons. The lowest BCUT2D eigenvalue weighted by atomic mass is 9.78. The second-order valence-electron chi connectivity index (χ2n) is 5.32. The Labute approximate surface area is 128 Å². The fourth-order valence-corrected chi connectivity index (χ4v) is 3.55. The number of nitrogens with zero attached hydrogens (tertiary/aromatic N) is 3. The van der Waals surface area contributed by atoms with Crippen molar-refractivity contribution in [2.45, 2.75) is 36.9 Å². The van der Waals surface area contributed by atoms with Crippen LogP contribution in [0, 0.1) is 11.3 Å². The number of rotatable bonds is 5. The van der Waals surface area contributed by atoms with Crippen molar-refractivity contribution in [3.05, 3.63) is 47.6 Å². The maximum absolute atomic E-state index is 8.57. The average Bonchev–Trinajstić information content (AvgIpc) is 3.18. The minimum Gasteiger partial charge on any atom is -0.338 e. The molecule has 5 heteroatoms. The lowest BCUT2D eigenvalue weighted by Crippen LogP contribution is -2.25. The Balaban J connectivity index is 1.87. The van der Waals surface area contributed by atoms with Crippen LogP contribution in [0.5, 0.6) is 0 Å². The van der Waals surface area contributed by atoms with Gasteiger partial charge in [-0.3, -0.25) is 0 Å². The van der Waals surface area contributed by atoms with Crippen LogP contribution < -0.4 is 0 Å². The molecule has 21 heavy (non-hydrogen) atoms. The Kier molecular flexibility index (Phi) is 4.26. The maximum Gasteiger partial charge on any atom is 0.236 e. The summed E-state index contributed by atoms with van der Waals surface area (Å²) < 4.78 is 5.38. The molecule has 0 atom stereocenters. The van der Waals surface area contributed by atoms with Gasteiger partial charge in [-0.2, -0.15) is 10.2 Å². The molecule has 0 spiro atoms. The van der Waals surface area contributed by atoms with Crippen LogP contribution in [0.4, 0.5) is 0 Å². The van der Waals surface area contributed by atoms with E-state index in [2.05, 4.69) is 40.5 Å². The number of thioether (sulfide) groups is 1. The van der Waals surface area contributed by atoms with Crippen molar-refractivity contribution in [2.75, 3.05) is 5.75 Å². The monoisotopic (exact) mass is 299 g/mol. The Morgan fingerprint density at radius 1 is 1.24 bits per heavy atom. The minimum absolute atomic E-state index is 0.0943. The molecule has 0 unspecified atom stereocenters. The summed E-state index contributed by atoms with van der Waals surface area (Å²) in [4.78, 5) is 4.60. The predicted molar refractivity (Wildman–Crippen MR) is 81.8 cm³/mol. The SMILES string of the molecule is N#CCSCc1nc(C2(c3ccccc3)CCCC2)no1. The second kappa shape index (κ2) is 6.31. The van der Waals surface area contributed by atoms with Gasteiger partial charge in [0.2, 0.25) is 5.89 Å². The van der Waals surface area contributed by atoms with E-state index in [1.54, 1.807) is 0 Å². The van der Waals surface area contributed by atoms with Gasteiger partial charge in [0, 0.05) is 0 Å². The molecule has 0 aliphatic heterocycles. The zero-order valence-electron chi connectivity index (χ0n) is 11.8. The first-order valence-electron chi connectivity index (χ1n) is 7.18. The average molecular weight is 299 g/mol. The Morgan fingerprint density at radius 3 is 2.71 bits per heavy atom. The van der Waals surface area contributed by atoms with Crippen molar-refractivity contribution < 1.29 is 4.52 Å². The molecule has 1 fully saturated rings. The summed E-state index contributed by atoms with van der Waals surface area (Å²) >= 11 is 1.50. The molecule has 1 aliphatic carbocycles. The number of hydrogen-bond acceptors (Lipinski definition) is 5. The van der Waals surface area contributed by atoms with Gasteiger partial charge < -0.3 is 4.52 Å².